The molecule has 1 aromatic heterocycles. The third kappa shape index (κ3) is 5.94. The fourth-order valence-electron chi connectivity index (χ4n) is 2.62. The standard InChI is InChI=1S/C19H20N4O4S2Se/c20-19(27-13-24)11-28-30-12-15-10-18(14-4-2-1-3-5-14)23(22-15)16-6-8-17(9-7-16)29(21,25)26/h1-10,13,19H,11-12,20H2,(H2,21,25,26). The van der Waals surface area contributed by atoms with E-state index in [1.54, 1.807) is 27.0 Å². The van der Waals surface area contributed by atoms with Gasteiger partial charge in [-0.15, -0.1) is 0 Å². The normalized spacial score (nSPS) is 12.5. The Bertz CT molecular complexity index is 1090. The monoisotopic (exact) mass is 512 g/mol. The molecule has 0 radical (unpaired) electrons. The zero-order valence-corrected chi connectivity index (χ0v) is 19.1. The summed E-state index contributed by atoms with van der Waals surface area (Å²) < 4.78 is 29.5. The Labute approximate surface area is 184 Å². The molecule has 0 aliphatic heterocycles. The number of aromatic nitrogens is 2. The number of carbonyl (C=O) groups excluding carboxylic acids is 1. The van der Waals surface area contributed by atoms with Crippen LogP contribution in [0.25, 0.3) is 16.9 Å². The molecule has 0 saturated heterocycles. The molecular formula is C19H20N4O4S2Se. The molecule has 8 nitrogen and oxygen atoms in total. The van der Waals surface area contributed by atoms with Crippen LogP contribution in [0.5, 0.6) is 0 Å². The summed E-state index contributed by atoms with van der Waals surface area (Å²) in [5.74, 6) is 0.528. The van der Waals surface area contributed by atoms with Gasteiger partial charge >= 0.3 is 185 Å². The van der Waals surface area contributed by atoms with Crippen molar-refractivity contribution in [3.8, 4) is 16.9 Å². The van der Waals surface area contributed by atoms with Gasteiger partial charge < -0.3 is 0 Å². The molecule has 0 fully saturated rings. The van der Waals surface area contributed by atoms with Crippen LogP contribution >= 0.6 is 10.2 Å². The second-order valence-electron chi connectivity index (χ2n) is 6.16. The van der Waals surface area contributed by atoms with Crippen molar-refractivity contribution in [3.63, 3.8) is 0 Å². The van der Waals surface area contributed by atoms with Crippen LogP contribution in [-0.2, 0) is 24.9 Å². The van der Waals surface area contributed by atoms with E-state index < -0.39 is 16.3 Å². The van der Waals surface area contributed by atoms with Gasteiger partial charge in [0.25, 0.3) is 0 Å². The van der Waals surface area contributed by atoms with E-state index in [0.29, 0.717) is 12.2 Å². The maximum absolute atomic E-state index is 11.5. The molecule has 1 unspecified atom stereocenters. The molecule has 158 valence electrons. The maximum atomic E-state index is 11.5. The average molecular weight is 511 g/mol. The van der Waals surface area contributed by atoms with E-state index in [1.807, 2.05) is 36.4 Å². The summed E-state index contributed by atoms with van der Waals surface area (Å²) in [6.07, 6.45) is -0.607. The third-order valence-corrected chi connectivity index (χ3v) is 8.94. The topological polar surface area (TPSA) is 130 Å². The number of rotatable bonds is 10. The average Bonchev–Trinajstić information content (AvgIpc) is 3.16. The minimum atomic E-state index is -3.76. The van der Waals surface area contributed by atoms with Crippen molar-refractivity contribution >= 4 is 40.5 Å². The third-order valence-electron chi connectivity index (χ3n) is 3.99. The molecule has 0 bridgehead atoms. The Morgan fingerprint density at radius 3 is 2.50 bits per heavy atom. The minimum absolute atomic E-state index is 0.0495. The van der Waals surface area contributed by atoms with Crippen LogP contribution in [0.15, 0.2) is 65.6 Å². The van der Waals surface area contributed by atoms with Crippen LogP contribution in [0.3, 0.4) is 0 Å². The van der Waals surface area contributed by atoms with E-state index >= 15 is 0 Å². The first-order chi connectivity index (χ1) is 14.4. The first-order valence-electron chi connectivity index (χ1n) is 8.75. The van der Waals surface area contributed by atoms with Crippen LogP contribution < -0.4 is 10.9 Å². The number of hydrogen-bond acceptors (Lipinski definition) is 7. The van der Waals surface area contributed by atoms with Gasteiger partial charge in [-0.3, -0.25) is 0 Å². The fourth-order valence-corrected chi connectivity index (χ4v) is 6.68. The molecule has 2 aromatic carbocycles. The Balaban J connectivity index is 1.83. The van der Waals surface area contributed by atoms with Crippen LogP contribution in [-0.4, -0.2) is 50.5 Å². The summed E-state index contributed by atoms with van der Waals surface area (Å²) in [6.45, 7) is 0.354. The fraction of sp³-hybridized carbons (Fsp3) is 0.158. The summed E-state index contributed by atoms with van der Waals surface area (Å²) in [4.78, 5) is 10.3. The Hall–Kier alpha value is -2.14. The van der Waals surface area contributed by atoms with Crippen molar-refractivity contribution in [1.82, 2.24) is 9.78 Å². The number of carbonyl (C=O) groups is 1. The number of ether oxygens (including phenoxy) is 1. The van der Waals surface area contributed by atoms with Gasteiger partial charge in [-0.1, -0.05) is 0 Å². The van der Waals surface area contributed by atoms with E-state index in [4.69, 9.17) is 16.0 Å². The second kappa shape index (κ2) is 10.3. The molecule has 0 aliphatic rings. The Morgan fingerprint density at radius 2 is 1.87 bits per heavy atom. The number of benzene rings is 2. The molecule has 0 aliphatic carbocycles. The molecule has 3 rings (SSSR count). The predicted octanol–water partition coefficient (Wildman–Crippen LogP) is 1.50. The zero-order chi connectivity index (χ0) is 21.6. The quantitative estimate of drug-likeness (QED) is 0.183. The number of primary sulfonamides is 1. The summed E-state index contributed by atoms with van der Waals surface area (Å²) in [6, 6.07) is 18.1. The molecule has 3 aromatic rings. The predicted molar refractivity (Wildman–Crippen MR) is 117 cm³/mol. The van der Waals surface area contributed by atoms with E-state index in [0.717, 1.165) is 28.0 Å². The molecule has 4 N–H and O–H groups in total. The van der Waals surface area contributed by atoms with Gasteiger partial charge in [0.05, 0.1) is 0 Å². The second-order valence-corrected chi connectivity index (χ2v) is 12.1. The van der Waals surface area contributed by atoms with Crippen molar-refractivity contribution < 1.29 is 17.9 Å². The Morgan fingerprint density at radius 1 is 1.17 bits per heavy atom. The molecule has 30 heavy (non-hydrogen) atoms. The van der Waals surface area contributed by atoms with Gasteiger partial charge in [-0.25, -0.2) is 0 Å². The number of hydrogen-bond donors (Lipinski definition) is 2. The van der Waals surface area contributed by atoms with Crippen LogP contribution in [0.2, 0.25) is 0 Å². The first-order valence-corrected chi connectivity index (χ1v) is 14.5. The molecule has 0 amide bonds. The molecule has 0 saturated carbocycles. The van der Waals surface area contributed by atoms with Crippen molar-refractivity contribution in [2.45, 2.75) is 16.4 Å². The van der Waals surface area contributed by atoms with Crippen molar-refractivity contribution in [2.24, 2.45) is 10.9 Å². The number of sulfonamides is 1. The van der Waals surface area contributed by atoms with Gasteiger partial charge in [0, 0.05) is 0 Å². The van der Waals surface area contributed by atoms with E-state index in [2.05, 4.69) is 4.74 Å². The molecule has 11 heteroatoms. The first kappa shape index (κ1) is 22.5. The van der Waals surface area contributed by atoms with Crippen molar-refractivity contribution in [2.75, 3.05) is 5.75 Å². The summed E-state index contributed by atoms with van der Waals surface area (Å²) in [5.41, 5.74) is 9.18. The van der Waals surface area contributed by atoms with E-state index in [-0.39, 0.29) is 18.7 Å². The van der Waals surface area contributed by atoms with Gasteiger partial charge in [-0.2, -0.15) is 0 Å². The van der Waals surface area contributed by atoms with Crippen molar-refractivity contribution in [3.05, 3.63) is 66.4 Å². The molecule has 0 spiro atoms. The van der Waals surface area contributed by atoms with Gasteiger partial charge in [0.15, 0.2) is 0 Å². The number of nitrogens with zero attached hydrogens (tertiary/aromatic N) is 2. The molecule has 1 heterocycles. The Kier molecular flexibility index (Phi) is 7.70. The van der Waals surface area contributed by atoms with Crippen LogP contribution in [0.4, 0.5) is 0 Å². The van der Waals surface area contributed by atoms with Gasteiger partial charge in [0.1, 0.15) is 0 Å². The number of nitrogens with two attached hydrogens (primary N) is 2. The molecule has 1 atom stereocenters. The van der Waals surface area contributed by atoms with Gasteiger partial charge in [0.2, 0.25) is 0 Å². The van der Waals surface area contributed by atoms with Crippen LogP contribution in [0, 0.1) is 0 Å². The van der Waals surface area contributed by atoms with E-state index in [1.165, 1.54) is 12.1 Å². The summed E-state index contributed by atoms with van der Waals surface area (Å²) >= 11 is 0.161. The van der Waals surface area contributed by atoms with E-state index in [9.17, 15) is 13.2 Å². The summed E-state index contributed by atoms with van der Waals surface area (Å²) in [5, 5.41) is 10.7. The van der Waals surface area contributed by atoms with Crippen LogP contribution in [0.1, 0.15) is 5.69 Å². The SMILES string of the molecule is NC(CS[Se]Cc1cc(-c2ccccc2)n(-c2ccc(S(N)(=O)=O)cc2)n1)OC=O. The zero-order valence-electron chi connectivity index (χ0n) is 15.7. The van der Waals surface area contributed by atoms with Crippen molar-refractivity contribution in [1.29, 1.82) is 0 Å². The molecular weight excluding hydrogens is 491 g/mol. The van der Waals surface area contributed by atoms with Gasteiger partial charge in [-0.05, 0) is 0 Å². The summed E-state index contributed by atoms with van der Waals surface area (Å²) in [7, 11) is -2.13.